The van der Waals surface area contributed by atoms with Gasteiger partial charge in [0.15, 0.2) is 5.69 Å². The molecular formula is C16H21F3N4O2. The van der Waals surface area contributed by atoms with Gasteiger partial charge < -0.3 is 14.9 Å². The Balaban J connectivity index is 1.81. The maximum absolute atomic E-state index is 13.2. The van der Waals surface area contributed by atoms with E-state index in [1.54, 1.807) is 9.80 Å². The molecule has 138 valence electrons. The van der Waals surface area contributed by atoms with E-state index in [1.807, 2.05) is 6.92 Å². The zero-order valence-corrected chi connectivity index (χ0v) is 14.0. The van der Waals surface area contributed by atoms with Crippen molar-refractivity contribution in [1.29, 1.82) is 0 Å². The number of nitrogens with zero attached hydrogens (tertiary/aromatic N) is 4. The van der Waals surface area contributed by atoms with E-state index >= 15 is 0 Å². The summed E-state index contributed by atoms with van der Waals surface area (Å²) >= 11 is 0. The van der Waals surface area contributed by atoms with Gasteiger partial charge in [-0.2, -0.15) is 18.2 Å². The lowest BCUT2D eigenvalue weighted by Gasteiger charge is -2.39. The van der Waals surface area contributed by atoms with E-state index in [0.29, 0.717) is 32.5 Å². The summed E-state index contributed by atoms with van der Waals surface area (Å²) in [6.45, 7) is 3.59. The van der Waals surface area contributed by atoms with Crippen LogP contribution in [-0.2, 0) is 11.0 Å². The first-order valence-corrected chi connectivity index (χ1v) is 8.43. The average molecular weight is 358 g/mol. The molecule has 1 aromatic heterocycles. The molecule has 2 aliphatic heterocycles. The number of alkyl halides is 3. The highest BCUT2D eigenvalue weighted by atomic mass is 19.4. The van der Waals surface area contributed by atoms with Crippen LogP contribution in [0.4, 0.5) is 24.9 Å². The molecule has 9 heteroatoms. The Labute approximate surface area is 143 Å². The third-order valence-corrected chi connectivity index (χ3v) is 4.97. The van der Waals surface area contributed by atoms with Crippen LogP contribution in [0.5, 0.6) is 0 Å². The van der Waals surface area contributed by atoms with Crippen LogP contribution in [0.2, 0.25) is 0 Å². The van der Waals surface area contributed by atoms with Crippen LogP contribution in [0, 0.1) is 5.92 Å². The van der Waals surface area contributed by atoms with E-state index in [2.05, 4.69) is 9.97 Å². The highest BCUT2D eigenvalue weighted by Crippen LogP contribution is 2.34. The van der Waals surface area contributed by atoms with E-state index in [9.17, 15) is 18.0 Å². The molecule has 3 rings (SSSR count). The quantitative estimate of drug-likeness (QED) is 0.893. The molecule has 2 fully saturated rings. The Hall–Kier alpha value is -2.06. The lowest BCUT2D eigenvalue weighted by molar-refractivity contribution is -0.141. The highest BCUT2D eigenvalue weighted by Gasteiger charge is 2.36. The van der Waals surface area contributed by atoms with Crippen molar-refractivity contribution in [1.82, 2.24) is 9.97 Å². The summed E-state index contributed by atoms with van der Waals surface area (Å²) in [5, 5.41) is 8.87. The van der Waals surface area contributed by atoms with Crippen molar-refractivity contribution in [3.05, 3.63) is 11.8 Å². The first-order chi connectivity index (χ1) is 11.7. The summed E-state index contributed by atoms with van der Waals surface area (Å²) in [5.41, 5.74) is -0.931. The number of aromatic nitrogens is 2. The number of carbonyl (C=O) groups is 1. The van der Waals surface area contributed by atoms with Gasteiger partial charge in [-0.15, -0.1) is 0 Å². The van der Waals surface area contributed by atoms with Crippen molar-refractivity contribution in [3.8, 4) is 0 Å². The van der Waals surface area contributed by atoms with Gasteiger partial charge in [-0.25, -0.2) is 4.98 Å². The Kier molecular flexibility index (Phi) is 4.75. The van der Waals surface area contributed by atoms with E-state index in [-0.39, 0.29) is 30.1 Å². The molecule has 2 aliphatic rings. The van der Waals surface area contributed by atoms with E-state index in [0.717, 1.165) is 12.5 Å². The predicted octanol–water partition coefficient (Wildman–Crippen LogP) is 2.79. The molecule has 0 radical (unpaired) electrons. The normalized spacial score (nSPS) is 22.0. The Morgan fingerprint density at radius 2 is 1.92 bits per heavy atom. The number of piperidine rings is 1. The zero-order valence-electron chi connectivity index (χ0n) is 14.0. The first kappa shape index (κ1) is 17.8. The third kappa shape index (κ3) is 3.96. The minimum Gasteiger partial charge on any atom is -0.481 e. The van der Waals surface area contributed by atoms with Gasteiger partial charge in [0.05, 0.1) is 0 Å². The van der Waals surface area contributed by atoms with Crippen LogP contribution in [0.3, 0.4) is 0 Å². The second-order valence-electron chi connectivity index (χ2n) is 6.77. The van der Waals surface area contributed by atoms with Crippen LogP contribution in [-0.4, -0.2) is 46.7 Å². The van der Waals surface area contributed by atoms with Gasteiger partial charge in [-0.1, -0.05) is 0 Å². The SMILES string of the molecule is CC1CCN1c1nc(N2CCC(CC(=O)O)CC2)cc(C(F)(F)F)n1. The van der Waals surface area contributed by atoms with Gasteiger partial charge in [0, 0.05) is 38.2 Å². The molecule has 25 heavy (non-hydrogen) atoms. The molecular weight excluding hydrogens is 337 g/mol. The number of aliphatic carboxylic acids is 1. The molecule has 1 atom stereocenters. The number of halogens is 3. The number of hydrogen-bond acceptors (Lipinski definition) is 5. The summed E-state index contributed by atoms with van der Waals surface area (Å²) in [6, 6.07) is 1.13. The zero-order chi connectivity index (χ0) is 18.2. The summed E-state index contributed by atoms with van der Waals surface area (Å²) in [4.78, 5) is 22.4. The second-order valence-corrected chi connectivity index (χ2v) is 6.77. The fourth-order valence-corrected chi connectivity index (χ4v) is 3.28. The Morgan fingerprint density at radius 1 is 1.24 bits per heavy atom. The van der Waals surface area contributed by atoms with Crippen LogP contribution in [0.1, 0.15) is 38.3 Å². The van der Waals surface area contributed by atoms with Crippen LogP contribution in [0.25, 0.3) is 0 Å². The smallest absolute Gasteiger partial charge is 0.433 e. The molecule has 0 saturated carbocycles. The molecule has 2 saturated heterocycles. The fourth-order valence-electron chi connectivity index (χ4n) is 3.28. The molecule has 1 unspecified atom stereocenters. The maximum Gasteiger partial charge on any atom is 0.433 e. The highest BCUT2D eigenvalue weighted by molar-refractivity contribution is 5.67. The molecule has 0 spiro atoms. The molecule has 0 aromatic carbocycles. The molecule has 0 amide bonds. The summed E-state index contributed by atoms with van der Waals surface area (Å²) in [5.74, 6) is -0.386. The monoisotopic (exact) mass is 358 g/mol. The molecule has 0 aliphatic carbocycles. The van der Waals surface area contributed by atoms with Crippen molar-refractivity contribution >= 4 is 17.7 Å². The molecule has 3 heterocycles. The molecule has 1 N–H and O–H groups in total. The summed E-state index contributed by atoms with van der Waals surface area (Å²) in [6.07, 6.45) is -2.25. The van der Waals surface area contributed by atoms with Crippen LogP contribution >= 0.6 is 0 Å². The lowest BCUT2D eigenvalue weighted by atomic mass is 9.93. The Morgan fingerprint density at radius 3 is 2.40 bits per heavy atom. The largest absolute Gasteiger partial charge is 0.481 e. The molecule has 6 nitrogen and oxygen atoms in total. The van der Waals surface area contributed by atoms with Crippen LogP contribution < -0.4 is 9.80 Å². The molecule has 0 bridgehead atoms. The first-order valence-electron chi connectivity index (χ1n) is 8.43. The van der Waals surface area contributed by atoms with E-state index in [1.165, 1.54) is 0 Å². The minimum atomic E-state index is -4.53. The van der Waals surface area contributed by atoms with Gasteiger partial charge in [0.25, 0.3) is 0 Å². The number of rotatable bonds is 4. The standard InChI is InChI=1S/C16H21F3N4O2/c1-10-2-7-23(10)15-20-12(16(17,18)19)9-13(21-15)22-5-3-11(4-6-22)8-14(24)25/h9-11H,2-8H2,1H3,(H,24,25). The summed E-state index contributed by atoms with van der Waals surface area (Å²) < 4.78 is 39.6. The fraction of sp³-hybridized carbons (Fsp3) is 0.688. The van der Waals surface area contributed by atoms with Crippen molar-refractivity contribution < 1.29 is 23.1 Å². The van der Waals surface area contributed by atoms with Gasteiger partial charge in [-0.3, -0.25) is 4.79 Å². The number of hydrogen-bond donors (Lipinski definition) is 1. The van der Waals surface area contributed by atoms with Gasteiger partial charge >= 0.3 is 12.1 Å². The summed E-state index contributed by atoms with van der Waals surface area (Å²) in [7, 11) is 0. The van der Waals surface area contributed by atoms with Crippen molar-refractivity contribution in [2.45, 2.75) is 44.8 Å². The van der Waals surface area contributed by atoms with Crippen molar-refractivity contribution in [3.63, 3.8) is 0 Å². The topological polar surface area (TPSA) is 69.6 Å². The van der Waals surface area contributed by atoms with Gasteiger partial charge in [-0.05, 0) is 32.1 Å². The van der Waals surface area contributed by atoms with E-state index < -0.39 is 17.8 Å². The number of carboxylic acids is 1. The van der Waals surface area contributed by atoms with Crippen molar-refractivity contribution in [2.75, 3.05) is 29.4 Å². The number of anilines is 2. The van der Waals surface area contributed by atoms with E-state index in [4.69, 9.17) is 5.11 Å². The number of carboxylic acid groups (broad SMARTS) is 1. The van der Waals surface area contributed by atoms with Crippen LogP contribution in [0.15, 0.2) is 6.07 Å². The second kappa shape index (κ2) is 6.68. The average Bonchev–Trinajstić information content (AvgIpc) is 2.52. The maximum atomic E-state index is 13.2. The van der Waals surface area contributed by atoms with Gasteiger partial charge in [0.1, 0.15) is 5.82 Å². The molecule has 1 aromatic rings. The Bertz CT molecular complexity index is 645. The van der Waals surface area contributed by atoms with Crippen molar-refractivity contribution in [2.24, 2.45) is 5.92 Å². The lowest BCUT2D eigenvalue weighted by Crippen LogP contribution is -2.47. The predicted molar refractivity (Wildman–Crippen MR) is 85.6 cm³/mol. The van der Waals surface area contributed by atoms with Gasteiger partial charge in [0.2, 0.25) is 5.95 Å². The third-order valence-electron chi connectivity index (χ3n) is 4.97. The minimum absolute atomic E-state index is 0.0625.